The van der Waals surface area contributed by atoms with Crippen LogP contribution in [0.3, 0.4) is 0 Å². The minimum Gasteiger partial charge on any atom is -0.394 e. The van der Waals surface area contributed by atoms with Crippen LogP contribution in [0.15, 0.2) is 0 Å². The van der Waals surface area contributed by atoms with Crippen LogP contribution in [0.1, 0.15) is 86.0 Å². The maximum atomic E-state index is 6.61. The van der Waals surface area contributed by atoms with Crippen molar-refractivity contribution in [2.75, 3.05) is 13.2 Å². The van der Waals surface area contributed by atoms with Crippen molar-refractivity contribution in [3.8, 4) is 0 Å². The highest BCUT2D eigenvalue weighted by Crippen LogP contribution is 2.53. The lowest BCUT2D eigenvalue weighted by molar-refractivity contribution is 0.124. The van der Waals surface area contributed by atoms with E-state index in [1.54, 1.807) is 0 Å². The van der Waals surface area contributed by atoms with E-state index in [0.717, 1.165) is 24.7 Å². The van der Waals surface area contributed by atoms with Gasteiger partial charge in [-0.1, -0.05) is 40.0 Å². The molecule has 0 aromatic heterocycles. The zero-order valence-electron chi connectivity index (χ0n) is 15.6. The zero-order chi connectivity index (χ0) is 16.2. The second kappa shape index (κ2) is 7.81. The molecule has 130 valence electrons. The van der Waals surface area contributed by atoms with Crippen LogP contribution in [0.5, 0.6) is 0 Å². The Labute approximate surface area is 139 Å². The van der Waals surface area contributed by atoms with Gasteiger partial charge in [0, 0.05) is 24.3 Å². The lowest BCUT2D eigenvalue weighted by Gasteiger charge is -2.48. The molecule has 0 spiro atoms. The van der Waals surface area contributed by atoms with E-state index >= 15 is 0 Å². The molecule has 0 N–H and O–H groups in total. The van der Waals surface area contributed by atoms with E-state index in [1.165, 1.54) is 51.4 Å². The standard InChI is InChI=1S/C19H38O2Si/c1-6-20-22(21-7-2,17-11-8-10-16(3)14-17)18-12-9-13-19(4,5)15-18/h16-18H,6-15H2,1-5H3. The topological polar surface area (TPSA) is 18.5 Å². The average Bonchev–Trinajstić information content (AvgIpc) is 2.46. The summed E-state index contributed by atoms with van der Waals surface area (Å²) in [6.45, 7) is 13.3. The molecule has 2 aliphatic carbocycles. The summed E-state index contributed by atoms with van der Waals surface area (Å²) in [7, 11) is -2.12. The van der Waals surface area contributed by atoms with Gasteiger partial charge in [0.25, 0.3) is 0 Å². The van der Waals surface area contributed by atoms with Crippen molar-refractivity contribution in [1.29, 1.82) is 0 Å². The third-order valence-corrected chi connectivity index (χ3v) is 10.8. The van der Waals surface area contributed by atoms with E-state index in [9.17, 15) is 0 Å². The normalized spacial score (nSPS) is 32.9. The molecule has 0 amide bonds. The molecule has 2 fully saturated rings. The highest BCUT2D eigenvalue weighted by Gasteiger charge is 2.54. The second-order valence-electron chi connectivity index (χ2n) is 8.51. The van der Waals surface area contributed by atoms with E-state index < -0.39 is 8.56 Å². The zero-order valence-corrected chi connectivity index (χ0v) is 16.6. The van der Waals surface area contributed by atoms with Crippen LogP contribution in [-0.4, -0.2) is 21.8 Å². The third kappa shape index (κ3) is 4.15. The molecule has 2 rings (SSSR count). The van der Waals surface area contributed by atoms with Gasteiger partial charge < -0.3 is 8.85 Å². The summed E-state index contributed by atoms with van der Waals surface area (Å²) in [5, 5.41) is 0. The van der Waals surface area contributed by atoms with Crippen molar-refractivity contribution >= 4 is 8.56 Å². The van der Waals surface area contributed by atoms with Gasteiger partial charge in [-0.2, -0.15) is 0 Å². The molecule has 3 heteroatoms. The summed E-state index contributed by atoms with van der Waals surface area (Å²) >= 11 is 0. The molecule has 3 atom stereocenters. The minimum absolute atomic E-state index is 0.468. The Morgan fingerprint density at radius 1 is 0.955 bits per heavy atom. The van der Waals surface area contributed by atoms with Crippen molar-refractivity contribution in [2.24, 2.45) is 11.3 Å². The van der Waals surface area contributed by atoms with Crippen LogP contribution in [0.2, 0.25) is 11.1 Å². The Kier molecular flexibility index (Phi) is 6.55. The van der Waals surface area contributed by atoms with E-state index in [1.807, 2.05) is 0 Å². The summed E-state index contributed by atoms with van der Waals surface area (Å²) in [4.78, 5) is 0. The lowest BCUT2D eigenvalue weighted by atomic mass is 9.77. The largest absolute Gasteiger partial charge is 0.394 e. The summed E-state index contributed by atoms with van der Waals surface area (Å²) in [5.41, 5.74) is 1.89. The fourth-order valence-corrected chi connectivity index (χ4v) is 10.5. The molecule has 0 aromatic rings. The van der Waals surface area contributed by atoms with E-state index in [2.05, 4.69) is 34.6 Å². The molecule has 0 aliphatic heterocycles. The predicted octanol–water partition coefficient (Wildman–Crippen LogP) is 6.05. The van der Waals surface area contributed by atoms with Crippen LogP contribution in [0, 0.1) is 11.3 Å². The van der Waals surface area contributed by atoms with Gasteiger partial charge in [0.05, 0.1) is 0 Å². The van der Waals surface area contributed by atoms with Gasteiger partial charge in [-0.05, 0) is 57.3 Å². The second-order valence-corrected chi connectivity index (χ2v) is 12.2. The van der Waals surface area contributed by atoms with Crippen molar-refractivity contribution in [3.05, 3.63) is 0 Å². The summed E-state index contributed by atoms with van der Waals surface area (Å²) in [5.74, 6) is 0.850. The van der Waals surface area contributed by atoms with Crippen LogP contribution in [0.4, 0.5) is 0 Å². The molecule has 2 saturated carbocycles. The van der Waals surface area contributed by atoms with Crippen LogP contribution < -0.4 is 0 Å². The molecule has 0 heterocycles. The Morgan fingerprint density at radius 3 is 2.14 bits per heavy atom. The highest BCUT2D eigenvalue weighted by atomic mass is 28.4. The molecule has 0 radical (unpaired) electrons. The fourth-order valence-electron chi connectivity index (χ4n) is 5.14. The molecule has 0 saturated heterocycles. The quantitative estimate of drug-likeness (QED) is 0.553. The highest BCUT2D eigenvalue weighted by molar-refractivity contribution is 6.70. The third-order valence-electron chi connectivity index (χ3n) is 6.02. The molecule has 3 unspecified atom stereocenters. The van der Waals surface area contributed by atoms with Crippen molar-refractivity contribution in [2.45, 2.75) is 97.1 Å². The molecule has 2 nitrogen and oxygen atoms in total. The van der Waals surface area contributed by atoms with Gasteiger partial charge in [-0.15, -0.1) is 0 Å². The first-order valence-electron chi connectivity index (χ1n) is 9.71. The van der Waals surface area contributed by atoms with Crippen molar-refractivity contribution in [3.63, 3.8) is 0 Å². The fraction of sp³-hybridized carbons (Fsp3) is 1.00. The Balaban J connectivity index is 2.26. The Morgan fingerprint density at radius 2 is 1.59 bits per heavy atom. The molecule has 0 bridgehead atoms. The van der Waals surface area contributed by atoms with E-state index in [4.69, 9.17) is 8.85 Å². The van der Waals surface area contributed by atoms with Gasteiger partial charge in [0.1, 0.15) is 0 Å². The number of hydrogen-bond acceptors (Lipinski definition) is 2. The maximum Gasteiger partial charge on any atom is 0.344 e. The van der Waals surface area contributed by atoms with Crippen molar-refractivity contribution in [1.82, 2.24) is 0 Å². The average molecular weight is 327 g/mol. The molecule has 0 aromatic carbocycles. The molecule has 2 aliphatic rings. The number of hydrogen-bond donors (Lipinski definition) is 0. The van der Waals surface area contributed by atoms with E-state index in [0.29, 0.717) is 11.0 Å². The monoisotopic (exact) mass is 326 g/mol. The van der Waals surface area contributed by atoms with Crippen LogP contribution in [0.25, 0.3) is 0 Å². The maximum absolute atomic E-state index is 6.61. The lowest BCUT2D eigenvalue weighted by Crippen LogP contribution is -2.54. The van der Waals surface area contributed by atoms with Gasteiger partial charge in [-0.25, -0.2) is 0 Å². The van der Waals surface area contributed by atoms with Gasteiger partial charge >= 0.3 is 8.56 Å². The van der Waals surface area contributed by atoms with Gasteiger partial charge in [0.2, 0.25) is 0 Å². The first kappa shape index (κ1) is 18.5. The van der Waals surface area contributed by atoms with Crippen molar-refractivity contribution < 1.29 is 8.85 Å². The summed E-state index contributed by atoms with van der Waals surface area (Å²) < 4.78 is 13.2. The Bertz CT molecular complexity index is 336. The van der Waals surface area contributed by atoms with Crippen LogP contribution >= 0.6 is 0 Å². The Hall–Kier alpha value is 0.137. The first-order chi connectivity index (χ1) is 10.4. The SMILES string of the molecule is CCO[Si](OCC)(C1CCCC(C)C1)C1CCCC(C)(C)C1. The smallest absolute Gasteiger partial charge is 0.344 e. The molecular formula is C19H38O2Si. The van der Waals surface area contributed by atoms with Gasteiger partial charge in [0.15, 0.2) is 0 Å². The van der Waals surface area contributed by atoms with Gasteiger partial charge in [-0.3, -0.25) is 0 Å². The first-order valence-corrected chi connectivity index (χ1v) is 11.7. The molecule has 22 heavy (non-hydrogen) atoms. The molecular weight excluding hydrogens is 288 g/mol. The summed E-state index contributed by atoms with van der Waals surface area (Å²) in [6.07, 6.45) is 10.8. The predicted molar refractivity (Wildman–Crippen MR) is 96.4 cm³/mol. The summed E-state index contributed by atoms with van der Waals surface area (Å²) in [6, 6.07) is 0. The van der Waals surface area contributed by atoms with E-state index in [-0.39, 0.29) is 0 Å². The van der Waals surface area contributed by atoms with Crippen LogP contribution in [-0.2, 0) is 8.85 Å². The number of rotatable bonds is 6. The minimum atomic E-state index is -2.12.